The molecule has 1 N–H and O–H groups in total. The van der Waals surface area contributed by atoms with Gasteiger partial charge in [0.15, 0.2) is 5.17 Å². The number of anilines is 1. The maximum atomic E-state index is 13.1. The molecule has 0 saturated heterocycles. The number of hydrogen-bond acceptors (Lipinski definition) is 7. The molecule has 0 radical (unpaired) electrons. The number of nitrogens with zero attached hydrogens (tertiary/aromatic N) is 2. The number of esters is 1. The monoisotopic (exact) mass is 439 g/mol. The highest BCUT2D eigenvalue weighted by molar-refractivity contribution is 8.18. The molecule has 0 spiro atoms. The highest BCUT2D eigenvalue weighted by atomic mass is 32.2. The Balaban J connectivity index is 1.71. The number of benzene rings is 1. The minimum atomic E-state index is -0.653. The summed E-state index contributed by atoms with van der Waals surface area (Å²) in [4.78, 5) is 45.2. The predicted octanol–water partition coefficient (Wildman–Crippen LogP) is 3.70. The van der Waals surface area contributed by atoms with Crippen molar-refractivity contribution in [2.24, 2.45) is 4.99 Å². The van der Waals surface area contributed by atoms with Gasteiger partial charge in [0.1, 0.15) is 6.04 Å². The smallest absolute Gasteiger partial charge is 0.338 e. The number of amides is 2. The summed E-state index contributed by atoms with van der Waals surface area (Å²) in [5.41, 5.74) is 1.39. The molecule has 152 valence electrons. The number of fused-ring (bicyclic) bond motifs is 1. The van der Waals surface area contributed by atoms with Crippen molar-refractivity contribution in [3.8, 4) is 0 Å². The van der Waals surface area contributed by atoms with E-state index < -0.39 is 23.8 Å². The van der Waals surface area contributed by atoms with Gasteiger partial charge in [-0.05, 0) is 42.3 Å². The van der Waals surface area contributed by atoms with Crippen molar-refractivity contribution in [2.75, 3.05) is 12.4 Å². The van der Waals surface area contributed by atoms with Crippen molar-refractivity contribution < 1.29 is 19.1 Å². The summed E-state index contributed by atoms with van der Waals surface area (Å²) in [6, 6.07) is 12.1. The Bertz CT molecular complexity index is 1100. The van der Waals surface area contributed by atoms with Gasteiger partial charge in [-0.25, -0.2) is 9.79 Å². The van der Waals surface area contributed by atoms with E-state index in [2.05, 4.69) is 10.3 Å². The molecule has 2 aromatic rings. The van der Waals surface area contributed by atoms with Gasteiger partial charge in [-0.3, -0.25) is 14.5 Å². The zero-order valence-corrected chi connectivity index (χ0v) is 17.8. The molecule has 0 bridgehead atoms. The van der Waals surface area contributed by atoms with Gasteiger partial charge in [0.05, 0.1) is 23.3 Å². The summed E-state index contributed by atoms with van der Waals surface area (Å²) in [7, 11) is 1.30. The Labute approximate surface area is 181 Å². The summed E-state index contributed by atoms with van der Waals surface area (Å²) in [5, 5.41) is 5.00. The van der Waals surface area contributed by atoms with Crippen LogP contribution in [0.5, 0.6) is 0 Å². The lowest BCUT2D eigenvalue weighted by atomic mass is 10.0. The van der Waals surface area contributed by atoms with Crippen molar-refractivity contribution in [1.82, 2.24) is 4.90 Å². The van der Waals surface area contributed by atoms with Crippen LogP contribution in [0.1, 0.15) is 17.8 Å². The lowest BCUT2D eigenvalue weighted by Gasteiger charge is -2.37. The van der Waals surface area contributed by atoms with Gasteiger partial charge >= 0.3 is 5.97 Å². The number of hydrogen-bond donors (Lipinski definition) is 1. The summed E-state index contributed by atoms with van der Waals surface area (Å²) >= 11 is 2.52. The Hall–Kier alpha value is -3.17. The van der Waals surface area contributed by atoms with Crippen LogP contribution in [-0.2, 0) is 19.1 Å². The maximum absolute atomic E-state index is 13.1. The zero-order valence-electron chi connectivity index (χ0n) is 16.1. The van der Waals surface area contributed by atoms with Crippen molar-refractivity contribution in [3.05, 3.63) is 75.0 Å². The van der Waals surface area contributed by atoms with Crippen molar-refractivity contribution in [2.45, 2.75) is 13.0 Å². The number of ether oxygens (including phenoxy) is 1. The van der Waals surface area contributed by atoms with Crippen LogP contribution in [0, 0.1) is 0 Å². The molecule has 3 heterocycles. The van der Waals surface area contributed by atoms with Crippen molar-refractivity contribution in [3.63, 3.8) is 0 Å². The Morgan fingerprint density at radius 2 is 1.93 bits per heavy atom. The first-order valence-electron chi connectivity index (χ1n) is 9.00. The van der Waals surface area contributed by atoms with Gasteiger partial charge in [-0.2, -0.15) is 0 Å². The number of methoxy groups -OCH3 is 1. The van der Waals surface area contributed by atoms with Gasteiger partial charge in [-0.1, -0.05) is 24.3 Å². The number of aliphatic imine (C=N–C) groups is 1. The molecular weight excluding hydrogens is 422 g/mol. The number of allylic oxidation sites excluding steroid dienone is 1. The molecule has 1 aromatic carbocycles. The molecule has 0 saturated carbocycles. The lowest BCUT2D eigenvalue weighted by Crippen LogP contribution is -2.44. The van der Waals surface area contributed by atoms with E-state index in [9.17, 15) is 14.4 Å². The molecule has 0 fully saturated rings. The van der Waals surface area contributed by atoms with Crippen LogP contribution in [0.3, 0.4) is 0 Å². The van der Waals surface area contributed by atoms with Crippen LogP contribution < -0.4 is 5.32 Å². The number of amidine groups is 1. The van der Waals surface area contributed by atoms with E-state index in [0.717, 1.165) is 16.6 Å². The van der Waals surface area contributed by atoms with Crippen LogP contribution in [0.4, 0.5) is 5.69 Å². The third-order valence-corrected chi connectivity index (χ3v) is 6.48. The first-order valence-corrected chi connectivity index (χ1v) is 10.7. The van der Waals surface area contributed by atoms with Crippen LogP contribution in [0.15, 0.2) is 75.1 Å². The van der Waals surface area contributed by atoms with Crippen molar-refractivity contribution in [1.29, 1.82) is 0 Å². The fourth-order valence-corrected chi connectivity index (χ4v) is 5.01. The fourth-order valence-electron chi connectivity index (χ4n) is 3.21. The summed E-state index contributed by atoms with van der Waals surface area (Å²) in [5.74, 6) is -1.35. The van der Waals surface area contributed by atoms with Gasteiger partial charge in [0.2, 0.25) is 0 Å². The van der Waals surface area contributed by atoms with Gasteiger partial charge in [0.25, 0.3) is 11.8 Å². The zero-order chi connectivity index (χ0) is 21.3. The van der Waals surface area contributed by atoms with E-state index in [1.807, 2.05) is 35.7 Å². The molecule has 30 heavy (non-hydrogen) atoms. The van der Waals surface area contributed by atoms with E-state index >= 15 is 0 Å². The first-order chi connectivity index (χ1) is 14.5. The summed E-state index contributed by atoms with van der Waals surface area (Å²) < 4.78 is 4.94. The normalized spacial score (nSPS) is 18.4. The largest absolute Gasteiger partial charge is 0.466 e. The molecule has 0 unspecified atom stereocenters. The molecule has 7 nitrogen and oxygen atoms in total. The molecule has 2 aliphatic heterocycles. The molecule has 2 amide bonds. The van der Waals surface area contributed by atoms with E-state index in [1.165, 1.54) is 29.4 Å². The number of rotatable bonds is 4. The van der Waals surface area contributed by atoms with Crippen LogP contribution in [-0.4, -0.2) is 35.0 Å². The second-order valence-corrected chi connectivity index (χ2v) is 8.43. The molecule has 9 heteroatoms. The second kappa shape index (κ2) is 8.29. The van der Waals surface area contributed by atoms with E-state index in [0.29, 0.717) is 22.1 Å². The number of carbonyl (C=O) groups excluding carboxylic acids is 3. The molecular formula is C21H17N3O4S2. The molecule has 2 aliphatic rings. The average Bonchev–Trinajstić information content (AvgIpc) is 3.27. The Kier molecular flexibility index (Phi) is 5.56. The third kappa shape index (κ3) is 3.69. The minimum absolute atomic E-state index is 0.234. The number of carbonyl (C=O) groups is 3. The van der Waals surface area contributed by atoms with Crippen molar-refractivity contribution >= 4 is 51.7 Å². The first kappa shape index (κ1) is 20.1. The van der Waals surface area contributed by atoms with E-state index in [1.54, 1.807) is 19.1 Å². The maximum Gasteiger partial charge on any atom is 0.338 e. The number of thioether (sulfide) groups is 1. The van der Waals surface area contributed by atoms with E-state index in [-0.39, 0.29) is 4.91 Å². The summed E-state index contributed by atoms with van der Waals surface area (Å²) in [6.07, 6.45) is 1.28. The van der Waals surface area contributed by atoms with Gasteiger partial charge < -0.3 is 10.1 Å². The van der Waals surface area contributed by atoms with Gasteiger partial charge in [-0.15, -0.1) is 11.3 Å². The van der Waals surface area contributed by atoms with Crippen LogP contribution in [0.25, 0.3) is 0 Å². The van der Waals surface area contributed by atoms with Gasteiger partial charge in [0, 0.05) is 16.6 Å². The molecule has 0 aliphatic carbocycles. The minimum Gasteiger partial charge on any atom is -0.466 e. The predicted molar refractivity (Wildman–Crippen MR) is 117 cm³/mol. The second-order valence-electron chi connectivity index (χ2n) is 6.44. The molecule has 4 rings (SSSR count). The van der Waals surface area contributed by atoms with Crippen LogP contribution in [0.2, 0.25) is 0 Å². The number of para-hydroxylation sites is 1. The average molecular weight is 440 g/mol. The quantitative estimate of drug-likeness (QED) is 0.734. The lowest BCUT2D eigenvalue weighted by molar-refractivity contribution is -0.137. The number of thiophene rings is 1. The standard InChI is InChI=1S/C21H17N3O4S2/c1-12-17(20(27)28-2)18(14-9-6-10-29-14)24-16(25)11-15(30-21(24)22-12)19(26)23-13-7-4-3-5-8-13/h3-11,18H,1-2H3,(H,23,26)/t18-/m0/s1. The molecule has 1 aromatic heterocycles. The Morgan fingerprint density at radius 1 is 1.17 bits per heavy atom. The number of nitrogens with one attached hydrogen (secondary N) is 1. The Morgan fingerprint density at radius 3 is 2.60 bits per heavy atom. The topological polar surface area (TPSA) is 88.1 Å². The highest BCUT2D eigenvalue weighted by Gasteiger charge is 2.42. The highest BCUT2D eigenvalue weighted by Crippen LogP contribution is 2.43. The van der Waals surface area contributed by atoms with Crippen LogP contribution >= 0.6 is 23.1 Å². The van der Waals surface area contributed by atoms with E-state index in [4.69, 9.17) is 4.74 Å². The fraction of sp³-hybridized carbons (Fsp3) is 0.143. The SMILES string of the molecule is COC(=O)C1=C(C)N=C2SC(C(=O)Nc3ccccc3)=CC(=O)N2[C@H]1c1cccs1. The summed E-state index contributed by atoms with van der Waals surface area (Å²) in [6.45, 7) is 1.70. The third-order valence-electron chi connectivity index (χ3n) is 4.56. The molecule has 1 atom stereocenters.